The molecule has 0 unspecified atom stereocenters. The third-order valence-electron chi connectivity index (χ3n) is 1.97. The minimum absolute atomic E-state index is 0.482. The third kappa shape index (κ3) is 3.32. The van der Waals surface area contributed by atoms with Crippen LogP contribution in [-0.2, 0) is 14.3 Å². The van der Waals surface area contributed by atoms with Gasteiger partial charge < -0.3 is 30.2 Å². The van der Waals surface area contributed by atoms with Crippen LogP contribution in [0.15, 0.2) is 0 Å². The number of aliphatic hydroxyl groups is 2. The van der Waals surface area contributed by atoms with E-state index in [4.69, 9.17) is 20.3 Å². The highest BCUT2D eigenvalue weighted by molar-refractivity contribution is 5.58. The van der Waals surface area contributed by atoms with E-state index in [0.717, 1.165) is 0 Å². The van der Waals surface area contributed by atoms with Gasteiger partial charge in [0.15, 0.2) is 0 Å². The Morgan fingerprint density at radius 3 is 2.14 bits per heavy atom. The maximum Gasteiger partial charge on any atom is 0.139 e. The minimum Gasteiger partial charge on any atom is -0.394 e. The van der Waals surface area contributed by atoms with Gasteiger partial charge in [0, 0.05) is 14.2 Å². The molecule has 0 aliphatic rings. The van der Waals surface area contributed by atoms with E-state index >= 15 is 0 Å². The Morgan fingerprint density at radius 1 is 1.36 bits per heavy atom. The van der Waals surface area contributed by atoms with Crippen molar-refractivity contribution in [3.8, 4) is 0 Å². The van der Waals surface area contributed by atoms with Crippen molar-refractivity contribution < 1.29 is 24.5 Å². The van der Waals surface area contributed by atoms with Crippen molar-refractivity contribution in [2.75, 3.05) is 20.8 Å². The van der Waals surface area contributed by atoms with Crippen LogP contribution >= 0.6 is 0 Å². The smallest absolute Gasteiger partial charge is 0.139 e. The van der Waals surface area contributed by atoms with E-state index in [1.54, 1.807) is 0 Å². The maximum absolute atomic E-state index is 10.4. The van der Waals surface area contributed by atoms with Crippen LogP contribution in [0.5, 0.6) is 0 Å². The van der Waals surface area contributed by atoms with Gasteiger partial charge in [-0.05, 0) is 0 Å². The van der Waals surface area contributed by atoms with Crippen molar-refractivity contribution >= 4 is 6.29 Å². The van der Waals surface area contributed by atoms with E-state index in [0.29, 0.717) is 6.29 Å². The largest absolute Gasteiger partial charge is 0.394 e. The first-order chi connectivity index (χ1) is 6.62. The fourth-order valence-corrected chi connectivity index (χ4v) is 1.20. The number of carbonyl (C=O) groups is 1. The van der Waals surface area contributed by atoms with Gasteiger partial charge in [-0.2, -0.15) is 0 Å². The van der Waals surface area contributed by atoms with Crippen molar-refractivity contribution in [1.29, 1.82) is 0 Å². The highest BCUT2D eigenvalue weighted by Crippen LogP contribution is 2.09. The second-order valence-electron chi connectivity index (χ2n) is 2.86. The molecule has 14 heavy (non-hydrogen) atoms. The van der Waals surface area contributed by atoms with E-state index in [2.05, 4.69) is 0 Å². The van der Waals surface area contributed by atoms with Gasteiger partial charge in [0.25, 0.3) is 0 Å². The zero-order valence-corrected chi connectivity index (χ0v) is 8.29. The number of hydrogen-bond donors (Lipinski definition) is 3. The van der Waals surface area contributed by atoms with Gasteiger partial charge in [-0.15, -0.1) is 0 Å². The maximum atomic E-state index is 10.4. The first-order valence-corrected chi connectivity index (χ1v) is 4.17. The molecule has 0 bridgehead atoms. The molecule has 0 saturated carbocycles. The zero-order chi connectivity index (χ0) is 11.1. The number of aliphatic hydroxyl groups excluding tert-OH is 2. The normalized spacial score (nSPS) is 19.8. The molecule has 0 amide bonds. The molecule has 0 spiro atoms. The van der Waals surface area contributed by atoms with E-state index in [1.165, 1.54) is 14.2 Å². The van der Waals surface area contributed by atoms with E-state index in [1.807, 2.05) is 0 Å². The van der Waals surface area contributed by atoms with E-state index < -0.39 is 31.0 Å². The van der Waals surface area contributed by atoms with E-state index in [-0.39, 0.29) is 0 Å². The molecule has 0 rings (SSSR count). The third-order valence-corrected chi connectivity index (χ3v) is 1.97. The number of hydrogen-bond acceptors (Lipinski definition) is 6. The first kappa shape index (κ1) is 13.5. The van der Waals surface area contributed by atoms with Crippen LogP contribution in [0.1, 0.15) is 0 Å². The Labute approximate surface area is 82.6 Å². The number of aldehydes is 1. The van der Waals surface area contributed by atoms with Crippen molar-refractivity contribution in [3.63, 3.8) is 0 Å². The summed E-state index contributed by atoms with van der Waals surface area (Å²) in [4.78, 5) is 10.4. The lowest BCUT2D eigenvalue weighted by atomic mass is 10.0. The lowest BCUT2D eigenvalue weighted by molar-refractivity contribution is -0.128. The minimum atomic E-state index is -1.13. The summed E-state index contributed by atoms with van der Waals surface area (Å²) < 4.78 is 9.83. The molecule has 6 heteroatoms. The molecule has 4 atom stereocenters. The summed E-state index contributed by atoms with van der Waals surface area (Å²) in [6.07, 6.45) is -2.23. The average molecular weight is 207 g/mol. The van der Waals surface area contributed by atoms with E-state index in [9.17, 15) is 9.90 Å². The molecule has 0 aromatic rings. The molecule has 0 aliphatic carbocycles. The van der Waals surface area contributed by atoms with Crippen LogP contribution in [0.4, 0.5) is 0 Å². The molecule has 0 fully saturated rings. The van der Waals surface area contributed by atoms with Crippen LogP contribution in [0, 0.1) is 0 Å². The summed E-state index contributed by atoms with van der Waals surface area (Å²) in [5.41, 5.74) is 5.43. The Balaban J connectivity index is 4.51. The number of methoxy groups -OCH3 is 2. The number of rotatable bonds is 7. The summed E-state index contributed by atoms with van der Waals surface area (Å²) in [6.45, 7) is -0.482. The molecular formula is C8H17NO5. The number of ether oxygens (including phenoxy) is 2. The average Bonchev–Trinajstić information content (AvgIpc) is 2.23. The second kappa shape index (κ2) is 6.86. The molecule has 6 nitrogen and oxygen atoms in total. The Morgan fingerprint density at radius 2 is 1.86 bits per heavy atom. The van der Waals surface area contributed by atoms with Crippen LogP contribution in [-0.4, -0.2) is 61.7 Å². The topological polar surface area (TPSA) is 102 Å². The van der Waals surface area contributed by atoms with Gasteiger partial charge >= 0.3 is 0 Å². The van der Waals surface area contributed by atoms with Gasteiger partial charge in [0.1, 0.15) is 24.6 Å². The summed E-state index contributed by atoms with van der Waals surface area (Å²) in [5.74, 6) is 0. The van der Waals surface area contributed by atoms with Crippen molar-refractivity contribution in [2.45, 2.75) is 24.4 Å². The number of nitrogens with two attached hydrogens (primary N) is 1. The van der Waals surface area contributed by atoms with Gasteiger partial charge in [-0.3, -0.25) is 0 Å². The Bertz CT molecular complexity index is 166. The Kier molecular flexibility index (Phi) is 6.60. The lowest BCUT2D eigenvalue weighted by Gasteiger charge is -2.29. The fourth-order valence-electron chi connectivity index (χ4n) is 1.20. The van der Waals surface area contributed by atoms with Gasteiger partial charge in [-0.1, -0.05) is 0 Å². The van der Waals surface area contributed by atoms with Crippen molar-refractivity contribution in [1.82, 2.24) is 0 Å². The predicted molar refractivity (Wildman–Crippen MR) is 48.7 cm³/mol. The fraction of sp³-hybridized carbons (Fsp3) is 0.875. The quantitative estimate of drug-likeness (QED) is 0.413. The van der Waals surface area contributed by atoms with Crippen molar-refractivity contribution in [3.05, 3.63) is 0 Å². The molecule has 0 aromatic carbocycles. The molecule has 84 valence electrons. The van der Waals surface area contributed by atoms with Crippen LogP contribution < -0.4 is 5.73 Å². The molecule has 0 heterocycles. The lowest BCUT2D eigenvalue weighted by Crippen LogP contribution is -2.51. The SMILES string of the molecule is CO[C@@H]([C@H](OC)[C@@H](N)C=O)[C@H](O)CO. The molecule has 0 saturated heterocycles. The Hall–Kier alpha value is -0.530. The molecule has 0 aromatic heterocycles. The van der Waals surface area contributed by atoms with Gasteiger partial charge in [0.05, 0.1) is 12.6 Å². The standard InChI is InChI=1S/C8H17NO5/c1-13-7(5(9)3-10)8(14-2)6(12)4-11/h3,5-8,11-12H,4,9H2,1-2H3/t5-,6+,7+,8+/m0/s1. The van der Waals surface area contributed by atoms with Crippen molar-refractivity contribution in [2.24, 2.45) is 5.73 Å². The van der Waals surface area contributed by atoms with Crippen LogP contribution in [0.3, 0.4) is 0 Å². The number of carbonyl (C=O) groups excluding carboxylic acids is 1. The summed E-state index contributed by atoms with van der Waals surface area (Å²) in [6, 6.07) is -0.897. The molecule has 0 radical (unpaired) electrons. The van der Waals surface area contributed by atoms with Gasteiger partial charge in [0.2, 0.25) is 0 Å². The van der Waals surface area contributed by atoms with Crippen LogP contribution in [0.2, 0.25) is 0 Å². The highest BCUT2D eigenvalue weighted by Gasteiger charge is 2.32. The second-order valence-corrected chi connectivity index (χ2v) is 2.86. The van der Waals surface area contributed by atoms with Gasteiger partial charge in [-0.25, -0.2) is 0 Å². The molecular weight excluding hydrogens is 190 g/mol. The summed E-state index contributed by atoms with van der Waals surface area (Å²) >= 11 is 0. The monoisotopic (exact) mass is 207 g/mol. The first-order valence-electron chi connectivity index (χ1n) is 4.17. The highest BCUT2D eigenvalue weighted by atomic mass is 16.5. The molecule has 4 N–H and O–H groups in total. The predicted octanol–water partition coefficient (Wildman–Crippen LogP) is -2.10. The summed E-state index contributed by atoms with van der Waals surface area (Å²) in [7, 11) is 2.69. The summed E-state index contributed by atoms with van der Waals surface area (Å²) in [5, 5.41) is 18.1. The molecule has 0 aliphatic heterocycles. The van der Waals surface area contributed by atoms with Crippen LogP contribution in [0.25, 0.3) is 0 Å². The zero-order valence-electron chi connectivity index (χ0n) is 8.29.